The maximum absolute atomic E-state index is 10.4. The molecular weight excluding hydrogens is 246 g/mol. The fraction of sp³-hybridized carbons (Fsp3) is 0.167. The van der Waals surface area contributed by atoms with E-state index in [0.29, 0.717) is 24.9 Å². The summed E-state index contributed by atoms with van der Waals surface area (Å²) in [5, 5.41) is 3.39. The minimum Gasteiger partial charge on any atom is -0.366 e. The van der Waals surface area contributed by atoms with Crippen molar-refractivity contribution in [3.8, 4) is 0 Å². The summed E-state index contributed by atoms with van der Waals surface area (Å²) >= 11 is 0. The van der Waals surface area contributed by atoms with Gasteiger partial charge in [0.15, 0.2) is 0 Å². The molecule has 0 saturated carbocycles. The first-order valence-electron chi connectivity index (χ1n) is 5.40. The summed E-state index contributed by atoms with van der Waals surface area (Å²) in [5.41, 5.74) is 18.9. The fourth-order valence-corrected chi connectivity index (χ4v) is 1.07. The monoisotopic (exact) mass is 261 g/mol. The highest BCUT2D eigenvalue weighted by Gasteiger charge is 2.01. The Morgan fingerprint density at radius 2 is 2.00 bits per heavy atom. The first kappa shape index (κ1) is 16.4. The van der Waals surface area contributed by atoms with Gasteiger partial charge in [-0.15, -0.1) is 0 Å². The van der Waals surface area contributed by atoms with Crippen LogP contribution in [0.4, 0.5) is 5.69 Å². The Labute approximate surface area is 110 Å². The summed E-state index contributed by atoms with van der Waals surface area (Å²) in [6.45, 7) is 0.322. The molecule has 7 nitrogen and oxygen atoms in total. The number of allylic oxidation sites excluding steroid dienone is 1. The van der Waals surface area contributed by atoms with E-state index in [1.54, 1.807) is 12.1 Å². The molecule has 0 aliphatic carbocycles. The van der Waals surface area contributed by atoms with Crippen molar-refractivity contribution in [2.45, 2.75) is 6.42 Å². The lowest BCUT2D eigenvalue weighted by atomic mass is 10.2. The summed E-state index contributed by atoms with van der Waals surface area (Å²) in [4.78, 5) is 22.9. The van der Waals surface area contributed by atoms with E-state index in [9.17, 15) is 9.59 Å². The zero-order valence-electron chi connectivity index (χ0n) is 10.3. The first-order chi connectivity index (χ1) is 9.15. The molecule has 0 aliphatic rings. The molecule has 0 fully saturated rings. The van der Waals surface area contributed by atoms with E-state index in [-0.39, 0.29) is 5.57 Å². The largest absolute Gasteiger partial charge is 0.366 e. The van der Waals surface area contributed by atoms with Crippen LogP contribution in [0.25, 0.3) is 10.4 Å². The Balaban J connectivity index is 0.000000342. The lowest BCUT2D eigenvalue weighted by Gasteiger charge is -1.96. The summed E-state index contributed by atoms with van der Waals surface area (Å²) < 4.78 is 0. The van der Waals surface area contributed by atoms with Crippen LogP contribution in [0.15, 0.2) is 47.1 Å². The van der Waals surface area contributed by atoms with Crippen LogP contribution < -0.4 is 11.5 Å². The molecule has 0 atom stereocenters. The van der Waals surface area contributed by atoms with Crippen molar-refractivity contribution in [2.24, 2.45) is 16.6 Å². The summed E-state index contributed by atoms with van der Waals surface area (Å²) in [6.07, 6.45) is 2.01. The van der Waals surface area contributed by atoms with Gasteiger partial charge in [0.05, 0.1) is 0 Å². The van der Waals surface area contributed by atoms with Crippen molar-refractivity contribution in [3.63, 3.8) is 0 Å². The molecule has 0 spiro atoms. The molecule has 0 saturated heterocycles. The van der Waals surface area contributed by atoms with Crippen molar-refractivity contribution in [3.05, 3.63) is 52.4 Å². The zero-order chi connectivity index (χ0) is 14.5. The van der Waals surface area contributed by atoms with Gasteiger partial charge < -0.3 is 11.5 Å². The van der Waals surface area contributed by atoms with E-state index >= 15 is 0 Å². The number of azide groups is 1. The van der Waals surface area contributed by atoms with E-state index in [2.05, 4.69) is 10.0 Å². The molecule has 1 aromatic rings. The number of nitrogens with zero attached hydrogens (tertiary/aromatic N) is 3. The third-order valence-corrected chi connectivity index (χ3v) is 1.92. The van der Waals surface area contributed by atoms with E-state index in [0.717, 1.165) is 6.08 Å². The normalized spacial score (nSPS) is 9.63. The highest BCUT2D eigenvalue weighted by atomic mass is 16.1. The molecule has 4 N–H and O–H groups in total. The first-order valence-corrected chi connectivity index (χ1v) is 5.40. The van der Waals surface area contributed by atoms with Gasteiger partial charge in [-0.1, -0.05) is 35.4 Å². The molecular formula is C12H15N5O2. The number of primary amides is 1. The smallest absolute Gasteiger partial charge is 0.244 e. The van der Waals surface area contributed by atoms with Gasteiger partial charge >= 0.3 is 0 Å². The molecule has 0 aromatic heterocycles. The molecule has 7 heteroatoms. The summed E-state index contributed by atoms with van der Waals surface area (Å²) in [7, 11) is 0. The predicted molar refractivity (Wildman–Crippen MR) is 72.3 cm³/mol. The predicted octanol–water partition coefficient (Wildman–Crippen LogP) is 1.57. The molecule has 1 aromatic carbocycles. The van der Waals surface area contributed by atoms with Crippen molar-refractivity contribution >= 4 is 17.9 Å². The number of aldehydes is 1. The minimum atomic E-state index is -0.586. The SMILES string of the molecule is NCCC(=CC=O)C(N)=O.[N-]=[N+]=Nc1ccccc1. The molecule has 19 heavy (non-hydrogen) atoms. The van der Waals surface area contributed by atoms with E-state index in [1.165, 1.54) is 0 Å². The Morgan fingerprint density at radius 1 is 1.37 bits per heavy atom. The minimum absolute atomic E-state index is 0.275. The van der Waals surface area contributed by atoms with Gasteiger partial charge in [0.25, 0.3) is 0 Å². The average molecular weight is 261 g/mol. The molecule has 100 valence electrons. The molecule has 0 bridgehead atoms. The molecule has 1 amide bonds. The average Bonchev–Trinajstić information content (AvgIpc) is 2.41. The lowest BCUT2D eigenvalue weighted by molar-refractivity contribution is -0.115. The third kappa shape index (κ3) is 8.14. The standard InChI is InChI=1S/C6H5N3.C6H10N2O2/c7-9-8-6-4-2-1-3-5-6;7-3-1-5(2-4-9)6(8)10/h1-5H;2,4H,1,3,7H2,(H2,8,10). The van der Waals surface area contributed by atoms with Gasteiger partial charge in [0.1, 0.15) is 6.29 Å². The molecule has 0 aliphatic heterocycles. The molecule has 0 heterocycles. The quantitative estimate of drug-likeness (QED) is 0.274. The Hall–Kier alpha value is -2.63. The van der Waals surface area contributed by atoms with Crippen molar-refractivity contribution in [1.82, 2.24) is 0 Å². The number of benzene rings is 1. The number of hydrogen-bond acceptors (Lipinski definition) is 4. The van der Waals surface area contributed by atoms with E-state index in [4.69, 9.17) is 17.0 Å². The third-order valence-electron chi connectivity index (χ3n) is 1.92. The van der Waals surface area contributed by atoms with Crippen LogP contribution >= 0.6 is 0 Å². The Kier molecular flexibility index (Phi) is 9.06. The van der Waals surface area contributed by atoms with E-state index < -0.39 is 5.91 Å². The van der Waals surface area contributed by atoms with Gasteiger partial charge in [-0.2, -0.15) is 0 Å². The maximum Gasteiger partial charge on any atom is 0.244 e. The van der Waals surface area contributed by atoms with E-state index in [1.807, 2.05) is 18.2 Å². The number of nitrogens with two attached hydrogens (primary N) is 2. The zero-order valence-corrected chi connectivity index (χ0v) is 10.3. The second-order valence-electron chi connectivity index (χ2n) is 3.26. The van der Waals surface area contributed by atoms with Crippen molar-refractivity contribution in [1.29, 1.82) is 0 Å². The van der Waals surface area contributed by atoms with Gasteiger partial charge in [-0.25, -0.2) is 0 Å². The van der Waals surface area contributed by atoms with Crippen molar-refractivity contribution in [2.75, 3.05) is 6.54 Å². The van der Waals surface area contributed by atoms with Crippen LogP contribution in [0, 0.1) is 0 Å². The van der Waals surface area contributed by atoms with Gasteiger partial charge in [0.2, 0.25) is 5.91 Å². The van der Waals surface area contributed by atoms with Crippen LogP contribution in [0.3, 0.4) is 0 Å². The van der Waals surface area contributed by atoms with Crippen LogP contribution in [0.5, 0.6) is 0 Å². The van der Waals surface area contributed by atoms with Crippen LogP contribution in [0.2, 0.25) is 0 Å². The van der Waals surface area contributed by atoms with Crippen LogP contribution in [-0.2, 0) is 9.59 Å². The van der Waals surface area contributed by atoms with Gasteiger partial charge in [-0.05, 0) is 24.6 Å². The molecule has 0 radical (unpaired) electrons. The lowest BCUT2D eigenvalue weighted by Crippen LogP contribution is -2.16. The second-order valence-corrected chi connectivity index (χ2v) is 3.26. The Bertz CT molecular complexity index is 478. The number of carbonyl (C=O) groups excluding carboxylic acids is 2. The summed E-state index contributed by atoms with van der Waals surface area (Å²) in [5.74, 6) is -0.586. The van der Waals surface area contributed by atoms with Gasteiger partial charge in [-0.3, -0.25) is 9.59 Å². The van der Waals surface area contributed by atoms with Crippen LogP contribution in [-0.4, -0.2) is 18.7 Å². The number of rotatable bonds is 5. The Morgan fingerprint density at radius 3 is 2.42 bits per heavy atom. The maximum atomic E-state index is 10.4. The highest BCUT2D eigenvalue weighted by Crippen LogP contribution is 2.08. The second kappa shape index (κ2) is 10.5. The number of carbonyl (C=O) groups is 2. The van der Waals surface area contributed by atoms with Gasteiger partial charge in [0, 0.05) is 16.2 Å². The number of hydrogen-bond donors (Lipinski definition) is 2. The summed E-state index contributed by atoms with van der Waals surface area (Å²) in [6, 6.07) is 9.02. The molecule has 0 unspecified atom stereocenters. The number of amides is 1. The molecule has 1 rings (SSSR count). The highest BCUT2D eigenvalue weighted by molar-refractivity contribution is 5.95. The van der Waals surface area contributed by atoms with Crippen LogP contribution in [0.1, 0.15) is 6.42 Å². The van der Waals surface area contributed by atoms with Crippen molar-refractivity contribution < 1.29 is 9.59 Å². The fourth-order valence-electron chi connectivity index (χ4n) is 1.07. The topological polar surface area (TPSA) is 135 Å².